The molecule has 0 aliphatic heterocycles. The van der Waals surface area contributed by atoms with Crippen LogP contribution in [0.3, 0.4) is 0 Å². The second kappa shape index (κ2) is 18.2. The predicted molar refractivity (Wildman–Crippen MR) is 226 cm³/mol. The standard InChI is InChI=1S/C51H57N/c1-5-7-9-11-13-15-17-41-35-51(45(28-38(41)4)18-16-14-12-10-8-6-2)50-33-47(40-23-20-39(36-52)21-24-40)32-49(34-50)44-26-25-43-29-46-27-37(3)19-22-42(46)30-48(43)31-44/h19-35H,5-18H2,1-4H3. The number of hydrogen-bond acceptors (Lipinski definition) is 1. The molecule has 0 fully saturated rings. The Morgan fingerprint density at radius 2 is 0.962 bits per heavy atom. The predicted octanol–water partition coefficient (Wildman–Crippen LogP) is 15.3. The summed E-state index contributed by atoms with van der Waals surface area (Å²) in [6, 6.07) is 41.0. The molecule has 0 bridgehead atoms. The van der Waals surface area contributed by atoms with Gasteiger partial charge in [0.1, 0.15) is 0 Å². The Balaban J connectivity index is 1.43. The van der Waals surface area contributed by atoms with Gasteiger partial charge in [0, 0.05) is 0 Å². The summed E-state index contributed by atoms with van der Waals surface area (Å²) in [5, 5.41) is 14.6. The van der Waals surface area contributed by atoms with Crippen LogP contribution >= 0.6 is 0 Å². The molecule has 0 heterocycles. The van der Waals surface area contributed by atoms with Gasteiger partial charge in [-0.1, -0.05) is 138 Å². The van der Waals surface area contributed by atoms with Crippen LogP contribution in [-0.4, -0.2) is 0 Å². The lowest BCUT2D eigenvalue weighted by molar-refractivity contribution is 0.605. The molecule has 0 radical (unpaired) electrons. The summed E-state index contributed by atoms with van der Waals surface area (Å²) in [6.45, 7) is 9.08. The zero-order valence-corrected chi connectivity index (χ0v) is 32.2. The summed E-state index contributed by atoms with van der Waals surface area (Å²) in [5.41, 5.74) is 13.9. The van der Waals surface area contributed by atoms with Gasteiger partial charge in [-0.25, -0.2) is 0 Å². The molecule has 0 amide bonds. The van der Waals surface area contributed by atoms with Gasteiger partial charge in [-0.3, -0.25) is 0 Å². The van der Waals surface area contributed by atoms with Crippen molar-refractivity contribution in [1.29, 1.82) is 5.26 Å². The van der Waals surface area contributed by atoms with Crippen LogP contribution in [0.25, 0.3) is 54.9 Å². The van der Waals surface area contributed by atoms with Gasteiger partial charge in [-0.15, -0.1) is 0 Å². The quantitative estimate of drug-likeness (QED) is 0.0693. The van der Waals surface area contributed by atoms with Crippen molar-refractivity contribution in [2.75, 3.05) is 0 Å². The lowest BCUT2D eigenvalue weighted by atomic mass is 9.86. The molecule has 6 rings (SSSR count). The number of hydrogen-bond donors (Lipinski definition) is 0. The van der Waals surface area contributed by atoms with Crippen molar-refractivity contribution in [2.45, 2.75) is 118 Å². The number of aryl methyl sites for hydroxylation is 4. The minimum Gasteiger partial charge on any atom is -0.192 e. The molecule has 0 atom stereocenters. The minimum absolute atomic E-state index is 0.691. The highest BCUT2D eigenvalue weighted by molar-refractivity contribution is 6.00. The summed E-state index contributed by atoms with van der Waals surface area (Å²) in [4.78, 5) is 0. The van der Waals surface area contributed by atoms with Crippen LogP contribution in [0.2, 0.25) is 0 Å². The van der Waals surface area contributed by atoms with E-state index >= 15 is 0 Å². The van der Waals surface area contributed by atoms with Crippen LogP contribution < -0.4 is 0 Å². The van der Waals surface area contributed by atoms with Gasteiger partial charge in [0.25, 0.3) is 0 Å². The fraction of sp³-hybridized carbons (Fsp3) is 0.353. The molecule has 1 nitrogen and oxygen atoms in total. The lowest BCUT2D eigenvalue weighted by Crippen LogP contribution is -1.99. The first-order chi connectivity index (χ1) is 25.4. The highest BCUT2D eigenvalue weighted by atomic mass is 14.2. The Morgan fingerprint density at radius 3 is 1.62 bits per heavy atom. The van der Waals surface area contributed by atoms with Crippen LogP contribution in [0.5, 0.6) is 0 Å². The minimum atomic E-state index is 0.691. The van der Waals surface area contributed by atoms with E-state index in [1.54, 1.807) is 0 Å². The van der Waals surface area contributed by atoms with E-state index in [2.05, 4.69) is 125 Å². The zero-order valence-electron chi connectivity index (χ0n) is 32.2. The Labute approximate surface area is 313 Å². The van der Waals surface area contributed by atoms with Crippen LogP contribution in [0.4, 0.5) is 0 Å². The maximum absolute atomic E-state index is 9.53. The van der Waals surface area contributed by atoms with Gasteiger partial charge in [0.2, 0.25) is 0 Å². The first-order valence-electron chi connectivity index (χ1n) is 20.2. The summed E-state index contributed by atoms with van der Waals surface area (Å²) in [6.07, 6.45) is 18.0. The second-order valence-electron chi connectivity index (χ2n) is 15.2. The molecule has 266 valence electrons. The van der Waals surface area contributed by atoms with Crippen molar-refractivity contribution in [3.63, 3.8) is 0 Å². The van der Waals surface area contributed by atoms with Crippen molar-refractivity contribution in [3.05, 3.63) is 131 Å². The fourth-order valence-electron chi connectivity index (χ4n) is 7.90. The fourth-order valence-corrected chi connectivity index (χ4v) is 7.90. The summed E-state index contributed by atoms with van der Waals surface area (Å²) < 4.78 is 0. The van der Waals surface area contributed by atoms with Gasteiger partial charge in [0.05, 0.1) is 11.6 Å². The van der Waals surface area contributed by atoms with E-state index in [0.29, 0.717) is 5.56 Å². The van der Waals surface area contributed by atoms with Crippen molar-refractivity contribution < 1.29 is 0 Å². The van der Waals surface area contributed by atoms with E-state index in [4.69, 9.17) is 0 Å². The average molecular weight is 684 g/mol. The third kappa shape index (κ3) is 9.40. The molecule has 6 aromatic rings. The number of nitrogens with zero attached hydrogens (tertiary/aromatic N) is 1. The number of fused-ring (bicyclic) bond motifs is 2. The number of benzene rings is 6. The molecular weight excluding hydrogens is 627 g/mol. The molecule has 0 saturated heterocycles. The molecule has 0 N–H and O–H groups in total. The molecule has 52 heavy (non-hydrogen) atoms. The first-order valence-corrected chi connectivity index (χ1v) is 20.2. The maximum Gasteiger partial charge on any atom is 0.0991 e. The zero-order chi connectivity index (χ0) is 36.3. The van der Waals surface area contributed by atoms with Gasteiger partial charge < -0.3 is 0 Å². The molecule has 6 aromatic carbocycles. The van der Waals surface area contributed by atoms with Gasteiger partial charge in [-0.05, 0) is 160 Å². The van der Waals surface area contributed by atoms with Gasteiger partial charge >= 0.3 is 0 Å². The highest BCUT2D eigenvalue weighted by Crippen LogP contribution is 2.38. The third-order valence-corrected chi connectivity index (χ3v) is 11.0. The summed E-state index contributed by atoms with van der Waals surface area (Å²) >= 11 is 0. The third-order valence-electron chi connectivity index (χ3n) is 11.0. The maximum atomic E-state index is 9.53. The van der Waals surface area contributed by atoms with E-state index in [-0.39, 0.29) is 0 Å². The van der Waals surface area contributed by atoms with Crippen LogP contribution in [-0.2, 0) is 12.8 Å². The van der Waals surface area contributed by atoms with E-state index in [1.807, 2.05) is 12.1 Å². The molecular formula is C51H57N. The molecule has 0 unspecified atom stereocenters. The Hall–Kier alpha value is -4.67. The van der Waals surface area contributed by atoms with E-state index in [9.17, 15) is 5.26 Å². The lowest BCUT2D eigenvalue weighted by Gasteiger charge is -2.18. The van der Waals surface area contributed by atoms with Crippen molar-refractivity contribution in [3.8, 4) is 39.4 Å². The average Bonchev–Trinajstić information content (AvgIpc) is 3.17. The normalized spacial score (nSPS) is 11.4. The largest absolute Gasteiger partial charge is 0.192 e. The number of unbranched alkanes of at least 4 members (excludes halogenated alkanes) is 10. The van der Waals surface area contributed by atoms with Crippen LogP contribution in [0.1, 0.15) is 119 Å². The molecule has 0 aromatic heterocycles. The molecule has 1 heteroatoms. The highest BCUT2D eigenvalue weighted by Gasteiger charge is 2.14. The van der Waals surface area contributed by atoms with Crippen LogP contribution in [0.15, 0.2) is 103 Å². The topological polar surface area (TPSA) is 23.8 Å². The van der Waals surface area contributed by atoms with E-state index in [0.717, 1.165) is 18.4 Å². The first kappa shape index (κ1) is 37.1. The molecule has 0 saturated carbocycles. The summed E-state index contributed by atoms with van der Waals surface area (Å²) in [5.74, 6) is 0. The summed E-state index contributed by atoms with van der Waals surface area (Å²) in [7, 11) is 0. The van der Waals surface area contributed by atoms with E-state index in [1.165, 1.54) is 149 Å². The Bertz CT molecular complexity index is 2140. The smallest absolute Gasteiger partial charge is 0.0991 e. The number of rotatable bonds is 17. The van der Waals surface area contributed by atoms with Gasteiger partial charge in [0.15, 0.2) is 0 Å². The molecule has 0 aliphatic rings. The van der Waals surface area contributed by atoms with Crippen LogP contribution in [0, 0.1) is 25.2 Å². The van der Waals surface area contributed by atoms with Crippen molar-refractivity contribution in [1.82, 2.24) is 0 Å². The van der Waals surface area contributed by atoms with Crippen molar-refractivity contribution >= 4 is 21.5 Å². The SMILES string of the molecule is CCCCCCCCc1cc(-c2cc(-c3ccc(C#N)cc3)cc(-c3ccc4cc5cc(C)ccc5cc4c3)c2)c(CCCCCCCC)cc1C. The van der Waals surface area contributed by atoms with E-state index < -0.39 is 0 Å². The van der Waals surface area contributed by atoms with Gasteiger partial charge in [-0.2, -0.15) is 5.26 Å². The number of nitriles is 1. The Morgan fingerprint density at radius 1 is 0.423 bits per heavy atom. The Kier molecular flexibility index (Phi) is 13.0. The molecule has 0 spiro atoms. The monoisotopic (exact) mass is 683 g/mol. The second-order valence-corrected chi connectivity index (χ2v) is 15.2. The van der Waals surface area contributed by atoms with Crippen molar-refractivity contribution in [2.24, 2.45) is 0 Å². The molecule has 0 aliphatic carbocycles.